The van der Waals surface area contributed by atoms with Crippen molar-refractivity contribution in [3.05, 3.63) is 53.4 Å². The molecule has 1 aliphatic carbocycles. The van der Waals surface area contributed by atoms with Gasteiger partial charge in [0.1, 0.15) is 0 Å². The second-order valence-electron chi connectivity index (χ2n) is 7.76. The molecule has 1 aromatic heterocycles. The Morgan fingerprint density at radius 3 is 2.31 bits per heavy atom. The second kappa shape index (κ2) is 8.86. The lowest BCUT2D eigenvalue weighted by molar-refractivity contribution is -0.111. The fraction of sp³-hybridized carbons (Fsp3) is 0.409. The summed E-state index contributed by atoms with van der Waals surface area (Å²) in [5.74, 6) is -0.226. The molecule has 2 aromatic rings. The predicted molar refractivity (Wildman–Crippen MR) is 119 cm³/mol. The number of amides is 1. The first-order valence-corrected chi connectivity index (χ1v) is 11.9. The van der Waals surface area contributed by atoms with Crippen LogP contribution < -0.4 is 10.0 Å². The van der Waals surface area contributed by atoms with E-state index in [2.05, 4.69) is 34.5 Å². The summed E-state index contributed by atoms with van der Waals surface area (Å²) in [6, 6.07) is 9.25. The molecule has 0 saturated heterocycles. The average molecular weight is 416 g/mol. The molecule has 1 saturated carbocycles. The van der Waals surface area contributed by atoms with Gasteiger partial charge in [-0.2, -0.15) is 0 Å². The minimum absolute atomic E-state index is 0.226. The summed E-state index contributed by atoms with van der Waals surface area (Å²) >= 11 is 0. The van der Waals surface area contributed by atoms with Crippen LogP contribution >= 0.6 is 0 Å². The van der Waals surface area contributed by atoms with Crippen LogP contribution in [0.3, 0.4) is 0 Å². The molecule has 0 bridgehead atoms. The Kier molecular flexibility index (Phi) is 6.47. The number of hydrogen-bond donors (Lipinski definition) is 2. The van der Waals surface area contributed by atoms with Gasteiger partial charge in [0.15, 0.2) is 0 Å². The van der Waals surface area contributed by atoms with Gasteiger partial charge in [0.05, 0.1) is 6.26 Å². The van der Waals surface area contributed by atoms with E-state index in [1.165, 1.54) is 49.6 Å². The Morgan fingerprint density at radius 1 is 1.07 bits per heavy atom. The number of aryl methyl sites for hydroxylation is 1. The number of nitrogens with zero attached hydrogens (tertiary/aromatic N) is 1. The largest absolute Gasteiger partial charge is 0.346 e. The monoisotopic (exact) mass is 415 g/mol. The molecule has 6 nitrogen and oxygen atoms in total. The molecule has 0 radical (unpaired) electrons. The van der Waals surface area contributed by atoms with Gasteiger partial charge in [0.2, 0.25) is 15.9 Å². The Bertz CT molecular complexity index is 999. The van der Waals surface area contributed by atoms with Crippen LogP contribution in [0.25, 0.3) is 6.08 Å². The Morgan fingerprint density at radius 2 is 1.69 bits per heavy atom. The predicted octanol–water partition coefficient (Wildman–Crippen LogP) is 4.63. The lowest BCUT2D eigenvalue weighted by atomic mass is 9.95. The van der Waals surface area contributed by atoms with Crippen LogP contribution in [0.15, 0.2) is 36.4 Å². The van der Waals surface area contributed by atoms with Gasteiger partial charge in [-0.25, -0.2) is 8.42 Å². The molecule has 156 valence electrons. The first-order valence-electron chi connectivity index (χ1n) is 9.98. The Hall–Kier alpha value is -2.54. The maximum absolute atomic E-state index is 12.3. The molecule has 1 aromatic carbocycles. The number of aromatic nitrogens is 1. The first-order chi connectivity index (χ1) is 13.7. The minimum atomic E-state index is -3.32. The van der Waals surface area contributed by atoms with Crippen molar-refractivity contribution in [2.45, 2.75) is 52.0 Å². The van der Waals surface area contributed by atoms with E-state index < -0.39 is 10.0 Å². The van der Waals surface area contributed by atoms with Crippen molar-refractivity contribution in [3.8, 4) is 0 Å². The number of carbonyl (C=O) groups is 1. The maximum atomic E-state index is 12.3. The van der Waals surface area contributed by atoms with Gasteiger partial charge in [0, 0.05) is 34.9 Å². The van der Waals surface area contributed by atoms with E-state index >= 15 is 0 Å². The van der Waals surface area contributed by atoms with Gasteiger partial charge >= 0.3 is 0 Å². The number of rotatable bonds is 6. The molecule has 1 aliphatic rings. The quantitative estimate of drug-likeness (QED) is 0.675. The summed E-state index contributed by atoms with van der Waals surface area (Å²) in [5.41, 5.74) is 4.57. The zero-order chi connectivity index (χ0) is 21.0. The van der Waals surface area contributed by atoms with Gasteiger partial charge in [0.25, 0.3) is 0 Å². The molecule has 3 rings (SSSR count). The van der Waals surface area contributed by atoms with E-state index in [-0.39, 0.29) is 5.91 Å². The fourth-order valence-corrected chi connectivity index (χ4v) is 4.62. The molecular formula is C22H29N3O3S. The van der Waals surface area contributed by atoms with E-state index in [4.69, 9.17) is 0 Å². The van der Waals surface area contributed by atoms with Gasteiger partial charge < -0.3 is 9.88 Å². The molecule has 0 aliphatic heterocycles. The van der Waals surface area contributed by atoms with Crippen LogP contribution in [0.2, 0.25) is 0 Å². The van der Waals surface area contributed by atoms with Crippen LogP contribution in [0.4, 0.5) is 11.4 Å². The highest BCUT2D eigenvalue weighted by Gasteiger charge is 2.19. The third-order valence-electron chi connectivity index (χ3n) is 5.33. The molecule has 7 heteroatoms. The van der Waals surface area contributed by atoms with Crippen molar-refractivity contribution in [3.63, 3.8) is 0 Å². The standard InChI is InChI=1S/C22H29N3O3S/c1-16-15-18(17(2)25(16)21-7-5-4-6-8-21)9-14-22(26)23-19-10-12-20(13-11-19)24-29(3,27)28/h9-15,21,24H,4-8H2,1-3H3,(H,23,26)/b14-9+. The summed E-state index contributed by atoms with van der Waals surface area (Å²) in [4.78, 5) is 12.3. The topological polar surface area (TPSA) is 80.2 Å². The number of carbonyl (C=O) groups excluding carboxylic acids is 1. The molecule has 2 N–H and O–H groups in total. The number of anilines is 2. The molecule has 1 amide bonds. The summed E-state index contributed by atoms with van der Waals surface area (Å²) in [7, 11) is -3.32. The van der Waals surface area contributed by atoms with E-state index in [0.29, 0.717) is 17.4 Å². The third-order valence-corrected chi connectivity index (χ3v) is 5.94. The third kappa shape index (κ3) is 5.73. The second-order valence-corrected chi connectivity index (χ2v) is 9.51. The van der Waals surface area contributed by atoms with E-state index in [1.807, 2.05) is 6.08 Å². The zero-order valence-electron chi connectivity index (χ0n) is 17.2. The zero-order valence-corrected chi connectivity index (χ0v) is 18.1. The highest BCUT2D eigenvalue weighted by molar-refractivity contribution is 7.92. The number of nitrogens with one attached hydrogen (secondary N) is 2. The molecule has 29 heavy (non-hydrogen) atoms. The van der Waals surface area contributed by atoms with Crippen molar-refractivity contribution in [1.82, 2.24) is 4.57 Å². The van der Waals surface area contributed by atoms with Crippen LogP contribution in [0.5, 0.6) is 0 Å². The Labute approximate surface area is 173 Å². The normalized spacial score (nSPS) is 15.6. The lowest BCUT2D eigenvalue weighted by Gasteiger charge is -2.26. The summed E-state index contributed by atoms with van der Waals surface area (Å²) in [6.45, 7) is 4.25. The number of sulfonamides is 1. The summed E-state index contributed by atoms with van der Waals surface area (Å²) in [5, 5.41) is 2.80. The minimum Gasteiger partial charge on any atom is -0.346 e. The van der Waals surface area contributed by atoms with Crippen molar-refractivity contribution in [2.24, 2.45) is 0 Å². The van der Waals surface area contributed by atoms with Crippen molar-refractivity contribution in [1.29, 1.82) is 0 Å². The molecule has 0 atom stereocenters. The number of hydrogen-bond acceptors (Lipinski definition) is 3. The average Bonchev–Trinajstić information content (AvgIpc) is 2.94. The Balaban J connectivity index is 1.65. The van der Waals surface area contributed by atoms with Crippen molar-refractivity contribution in [2.75, 3.05) is 16.3 Å². The van der Waals surface area contributed by atoms with E-state index in [9.17, 15) is 13.2 Å². The van der Waals surface area contributed by atoms with Gasteiger partial charge in [-0.05, 0) is 68.7 Å². The van der Waals surface area contributed by atoms with Gasteiger partial charge in [-0.3, -0.25) is 9.52 Å². The highest BCUT2D eigenvalue weighted by Crippen LogP contribution is 2.32. The van der Waals surface area contributed by atoms with Gasteiger partial charge in [-0.15, -0.1) is 0 Å². The van der Waals surface area contributed by atoms with Gasteiger partial charge in [-0.1, -0.05) is 19.3 Å². The van der Waals surface area contributed by atoms with Crippen LogP contribution in [-0.2, 0) is 14.8 Å². The maximum Gasteiger partial charge on any atom is 0.248 e. The SMILES string of the molecule is Cc1cc(/C=C/C(=O)Nc2ccc(NS(C)(=O)=O)cc2)c(C)n1C1CCCCC1. The lowest BCUT2D eigenvalue weighted by Crippen LogP contribution is -2.15. The smallest absolute Gasteiger partial charge is 0.248 e. The van der Waals surface area contributed by atoms with Crippen molar-refractivity contribution < 1.29 is 13.2 Å². The van der Waals surface area contributed by atoms with Crippen molar-refractivity contribution >= 4 is 33.4 Å². The van der Waals surface area contributed by atoms with E-state index in [0.717, 1.165) is 11.8 Å². The molecule has 0 unspecified atom stereocenters. The molecule has 1 heterocycles. The number of benzene rings is 1. The van der Waals surface area contributed by atoms with E-state index in [1.54, 1.807) is 24.3 Å². The summed E-state index contributed by atoms with van der Waals surface area (Å²) < 4.78 is 27.3. The van der Waals surface area contributed by atoms with Crippen LogP contribution in [-0.4, -0.2) is 25.1 Å². The molecular weight excluding hydrogens is 386 g/mol. The fourth-order valence-electron chi connectivity index (χ4n) is 4.06. The van der Waals surface area contributed by atoms with Crippen LogP contribution in [0, 0.1) is 13.8 Å². The van der Waals surface area contributed by atoms with Crippen LogP contribution in [0.1, 0.15) is 55.1 Å². The molecule has 1 fully saturated rings. The molecule has 0 spiro atoms. The summed E-state index contributed by atoms with van der Waals surface area (Å²) in [6.07, 6.45) is 10.8. The highest BCUT2D eigenvalue weighted by atomic mass is 32.2. The first kappa shape index (κ1) is 21.2.